The zero-order chi connectivity index (χ0) is 24.3. The number of ether oxygens (including phenoxy) is 1. The number of pyridine rings is 1. The number of carboxylic acids is 1. The summed E-state index contributed by atoms with van der Waals surface area (Å²) in [5.41, 5.74) is 7.55. The van der Waals surface area contributed by atoms with Crippen LogP contribution in [0.25, 0.3) is 0 Å². The molecule has 32 heavy (non-hydrogen) atoms. The van der Waals surface area contributed by atoms with Crippen LogP contribution in [-0.2, 0) is 10.9 Å². The van der Waals surface area contributed by atoms with Gasteiger partial charge in [-0.25, -0.2) is 22.9 Å². The molecular formula is C18H17ClF6N4O3. The maximum Gasteiger partial charge on any atom is 0.417 e. The molecule has 0 fully saturated rings. The molecule has 2 aliphatic rings. The van der Waals surface area contributed by atoms with Crippen molar-refractivity contribution in [3.63, 3.8) is 0 Å². The second kappa shape index (κ2) is 9.36. The normalized spacial score (nSPS) is 25.8. The molecule has 2 heterocycles. The number of allylic oxidation sites excluding steroid dienone is 3. The topological polar surface area (TPSA) is 124 Å². The summed E-state index contributed by atoms with van der Waals surface area (Å²) in [5.74, 6) is -2.42. The number of aromatic carboxylic acids is 1. The zero-order valence-corrected chi connectivity index (χ0v) is 16.8. The molecule has 0 bridgehead atoms. The lowest BCUT2D eigenvalue weighted by Crippen LogP contribution is -2.61. The van der Waals surface area contributed by atoms with Crippen molar-refractivity contribution in [3.05, 3.63) is 53.3 Å². The summed E-state index contributed by atoms with van der Waals surface area (Å²) in [6.45, 7) is -0.610. The van der Waals surface area contributed by atoms with Crippen molar-refractivity contribution in [2.75, 3.05) is 13.2 Å². The predicted molar refractivity (Wildman–Crippen MR) is 102 cm³/mol. The number of carboxylic acid groups (broad SMARTS) is 1. The Hall–Kier alpha value is -2.80. The van der Waals surface area contributed by atoms with Crippen LogP contribution in [0, 0.1) is 0 Å². The van der Waals surface area contributed by atoms with E-state index in [4.69, 9.17) is 32.9 Å². The summed E-state index contributed by atoms with van der Waals surface area (Å²) in [7, 11) is 0. The van der Waals surface area contributed by atoms with Gasteiger partial charge in [-0.1, -0.05) is 0 Å². The zero-order valence-electron chi connectivity index (χ0n) is 16.0. The second-order valence-electron chi connectivity index (χ2n) is 6.79. The minimum atomic E-state index is -4.48. The number of amidine groups is 1. The van der Waals surface area contributed by atoms with Gasteiger partial charge in [-0.3, -0.25) is 4.99 Å². The number of nitrogens with zero attached hydrogens (tertiary/aromatic N) is 2. The van der Waals surface area contributed by atoms with Crippen LogP contribution in [0.1, 0.15) is 22.5 Å². The average molecular weight is 487 g/mol. The molecule has 1 aromatic rings. The van der Waals surface area contributed by atoms with Crippen LogP contribution in [0.5, 0.6) is 0 Å². The highest BCUT2D eigenvalue weighted by atomic mass is 35.5. The first-order valence-electron chi connectivity index (χ1n) is 8.71. The van der Waals surface area contributed by atoms with Gasteiger partial charge in [0.15, 0.2) is 5.54 Å². The molecule has 176 valence electrons. The highest BCUT2D eigenvalue weighted by molar-refractivity contribution is 6.27. The lowest BCUT2D eigenvalue weighted by atomic mass is 9.77. The van der Waals surface area contributed by atoms with E-state index in [1.807, 2.05) is 0 Å². The van der Waals surface area contributed by atoms with Gasteiger partial charge < -0.3 is 21.3 Å². The van der Waals surface area contributed by atoms with Gasteiger partial charge in [-0.05, 0) is 24.3 Å². The number of nitrogens with two attached hydrogens (primary N) is 2. The van der Waals surface area contributed by atoms with Crippen molar-refractivity contribution in [2.24, 2.45) is 16.5 Å². The minimum absolute atomic E-state index is 0.0852. The molecule has 0 amide bonds. The number of aliphatic imine (C=N–C) groups is 1. The average Bonchev–Trinajstić information content (AvgIpc) is 2.70. The standard InChI is InChI=1S/C11H13ClF3N3O.C7H4F3NO2/c12-10(3-6(16)1-2-7(10)13)11(9(14)15)5-19-4-8(17)18-11;8-7(9,10)4-1-2-5(6(12)13)11-3-4/h1-2,9H,3-5,16H2,(H2,17,18);1-3H,(H,12,13)/t10?,11-;/m1./s1. The van der Waals surface area contributed by atoms with Crippen LogP contribution in [0.4, 0.5) is 26.3 Å². The Labute approximate surface area is 182 Å². The molecule has 3 rings (SSSR count). The summed E-state index contributed by atoms with van der Waals surface area (Å²) in [6.07, 6.45) is -5.08. The van der Waals surface area contributed by atoms with E-state index in [-0.39, 0.29) is 24.6 Å². The van der Waals surface area contributed by atoms with Crippen molar-refractivity contribution >= 4 is 23.4 Å². The number of aromatic nitrogens is 1. The molecule has 5 N–H and O–H groups in total. The molecule has 1 unspecified atom stereocenters. The van der Waals surface area contributed by atoms with Crippen LogP contribution in [0.2, 0.25) is 0 Å². The van der Waals surface area contributed by atoms with E-state index in [1.165, 1.54) is 6.08 Å². The number of carbonyl (C=O) groups is 1. The van der Waals surface area contributed by atoms with Crippen LogP contribution >= 0.6 is 11.6 Å². The highest BCUT2D eigenvalue weighted by Crippen LogP contribution is 2.49. The number of hydrogen-bond donors (Lipinski definition) is 3. The van der Waals surface area contributed by atoms with Crippen LogP contribution in [0.15, 0.2) is 47.0 Å². The number of alkyl halides is 6. The van der Waals surface area contributed by atoms with Gasteiger partial charge in [0, 0.05) is 18.3 Å². The van der Waals surface area contributed by atoms with Crippen molar-refractivity contribution in [1.82, 2.24) is 4.98 Å². The Balaban J connectivity index is 0.000000244. The quantitative estimate of drug-likeness (QED) is 0.445. The third kappa shape index (κ3) is 5.15. The van der Waals surface area contributed by atoms with Gasteiger partial charge in [0.1, 0.15) is 28.8 Å². The van der Waals surface area contributed by atoms with E-state index < -0.39 is 52.7 Å². The lowest BCUT2D eigenvalue weighted by Gasteiger charge is -2.45. The van der Waals surface area contributed by atoms with Crippen molar-refractivity contribution in [2.45, 2.75) is 29.4 Å². The molecule has 0 aromatic carbocycles. The molecule has 7 nitrogen and oxygen atoms in total. The van der Waals surface area contributed by atoms with Crippen LogP contribution in [0.3, 0.4) is 0 Å². The number of halogens is 7. The van der Waals surface area contributed by atoms with E-state index in [1.54, 1.807) is 0 Å². The predicted octanol–water partition coefficient (Wildman–Crippen LogP) is 3.25. The summed E-state index contributed by atoms with van der Waals surface area (Å²) in [6, 6.07) is 1.49. The van der Waals surface area contributed by atoms with Crippen molar-refractivity contribution < 1.29 is 41.0 Å². The lowest BCUT2D eigenvalue weighted by molar-refractivity contribution is -0.137. The maximum absolute atomic E-state index is 14.1. The van der Waals surface area contributed by atoms with Gasteiger partial charge in [0.05, 0.1) is 12.2 Å². The Morgan fingerprint density at radius 3 is 2.38 bits per heavy atom. The van der Waals surface area contributed by atoms with E-state index in [2.05, 4.69) is 9.98 Å². The van der Waals surface area contributed by atoms with Gasteiger partial charge in [0.2, 0.25) is 0 Å². The Kier molecular flexibility index (Phi) is 7.45. The Bertz CT molecular complexity index is 951. The van der Waals surface area contributed by atoms with Crippen molar-refractivity contribution in [1.29, 1.82) is 0 Å². The molecule has 0 radical (unpaired) electrons. The number of hydrogen-bond acceptors (Lipinski definition) is 6. The van der Waals surface area contributed by atoms with Gasteiger partial charge in [-0.2, -0.15) is 13.2 Å². The van der Waals surface area contributed by atoms with Crippen LogP contribution < -0.4 is 11.5 Å². The molecular weight excluding hydrogens is 470 g/mol. The first-order chi connectivity index (χ1) is 14.7. The Morgan fingerprint density at radius 1 is 1.25 bits per heavy atom. The molecule has 1 aromatic heterocycles. The summed E-state index contributed by atoms with van der Waals surface area (Å²) < 4.78 is 81.8. The largest absolute Gasteiger partial charge is 0.477 e. The summed E-state index contributed by atoms with van der Waals surface area (Å²) >= 11 is 6.13. The highest BCUT2D eigenvalue weighted by Gasteiger charge is 2.61. The molecule has 1 aliphatic carbocycles. The van der Waals surface area contributed by atoms with Gasteiger partial charge in [-0.15, -0.1) is 11.6 Å². The van der Waals surface area contributed by atoms with Gasteiger partial charge in [0.25, 0.3) is 6.43 Å². The first-order valence-corrected chi connectivity index (χ1v) is 9.08. The van der Waals surface area contributed by atoms with Gasteiger partial charge >= 0.3 is 12.1 Å². The molecule has 1 aliphatic heterocycles. The second-order valence-corrected chi connectivity index (χ2v) is 7.44. The SMILES string of the molecule is NC1=CC=C(F)C(Cl)([C@]2(C(F)F)COCC(N)=N2)C1.O=C(O)c1ccc(C(F)(F)F)cn1. The minimum Gasteiger partial charge on any atom is -0.477 e. The summed E-state index contributed by atoms with van der Waals surface area (Å²) in [5, 5.41) is 8.33. The fourth-order valence-corrected chi connectivity index (χ4v) is 3.30. The molecule has 14 heteroatoms. The third-order valence-corrected chi connectivity index (χ3v) is 5.18. The fourth-order valence-electron chi connectivity index (χ4n) is 2.90. The van der Waals surface area contributed by atoms with E-state index >= 15 is 0 Å². The number of rotatable bonds is 3. The van der Waals surface area contributed by atoms with E-state index in [0.29, 0.717) is 12.3 Å². The molecule has 0 saturated carbocycles. The van der Waals surface area contributed by atoms with Crippen molar-refractivity contribution in [3.8, 4) is 0 Å². The fraction of sp³-hybridized carbons (Fsp3) is 0.389. The van der Waals surface area contributed by atoms with E-state index in [9.17, 15) is 31.1 Å². The van der Waals surface area contributed by atoms with Crippen LogP contribution in [-0.4, -0.2) is 51.9 Å². The smallest absolute Gasteiger partial charge is 0.417 e. The molecule has 0 saturated heterocycles. The maximum atomic E-state index is 14.1. The first kappa shape index (κ1) is 25.5. The van der Waals surface area contributed by atoms with E-state index in [0.717, 1.165) is 12.1 Å². The summed E-state index contributed by atoms with van der Waals surface area (Å²) in [4.78, 5) is 15.0. The monoisotopic (exact) mass is 486 g/mol. The molecule has 2 atom stereocenters. The third-order valence-electron chi connectivity index (χ3n) is 4.54. The molecule has 0 spiro atoms. The Morgan fingerprint density at radius 2 is 1.91 bits per heavy atom.